The van der Waals surface area contributed by atoms with Crippen LogP contribution in [0.5, 0.6) is 5.75 Å². The Hall–Kier alpha value is -2.04. The number of carbonyl (C=O) groups excluding carboxylic acids is 2. The van der Waals surface area contributed by atoms with Gasteiger partial charge in [0.1, 0.15) is 5.75 Å². The van der Waals surface area contributed by atoms with Gasteiger partial charge in [0.25, 0.3) is 5.91 Å². The van der Waals surface area contributed by atoms with Gasteiger partial charge in [-0.2, -0.15) is 0 Å². The van der Waals surface area contributed by atoms with Crippen molar-refractivity contribution < 1.29 is 14.3 Å². The molecule has 1 atom stereocenters. The lowest BCUT2D eigenvalue weighted by Gasteiger charge is -2.55. The van der Waals surface area contributed by atoms with Gasteiger partial charge in [-0.15, -0.1) is 0 Å². The molecule has 0 unspecified atom stereocenters. The van der Waals surface area contributed by atoms with E-state index in [1.165, 1.54) is 19.3 Å². The van der Waals surface area contributed by atoms with E-state index in [2.05, 4.69) is 5.32 Å². The molecule has 26 heavy (non-hydrogen) atoms. The van der Waals surface area contributed by atoms with Gasteiger partial charge in [-0.25, -0.2) is 0 Å². The molecular formula is C21H26N2O3. The highest BCUT2D eigenvalue weighted by atomic mass is 16.5. The van der Waals surface area contributed by atoms with Crippen LogP contribution in [0, 0.1) is 23.2 Å². The second-order valence-electron chi connectivity index (χ2n) is 8.99. The van der Waals surface area contributed by atoms with E-state index in [4.69, 9.17) is 4.74 Å². The Balaban J connectivity index is 1.39. The summed E-state index contributed by atoms with van der Waals surface area (Å²) in [4.78, 5) is 27.0. The number of amides is 2. The molecule has 4 aliphatic carbocycles. The molecule has 1 aromatic carbocycles. The third kappa shape index (κ3) is 2.36. The fraction of sp³-hybridized carbons (Fsp3) is 0.619. The molecule has 1 heterocycles. The van der Waals surface area contributed by atoms with Gasteiger partial charge in [0.05, 0.1) is 11.1 Å². The molecule has 1 aliphatic heterocycles. The van der Waals surface area contributed by atoms with Crippen molar-refractivity contribution in [2.24, 2.45) is 23.2 Å². The van der Waals surface area contributed by atoms with E-state index in [-0.39, 0.29) is 17.2 Å². The second kappa shape index (κ2) is 5.48. The summed E-state index contributed by atoms with van der Waals surface area (Å²) in [6.45, 7) is 1.75. The number of hydrogen-bond donors (Lipinski definition) is 1. The van der Waals surface area contributed by atoms with Crippen LogP contribution in [0.3, 0.4) is 0 Å². The quantitative estimate of drug-likeness (QED) is 0.883. The van der Waals surface area contributed by atoms with Crippen LogP contribution in [0.2, 0.25) is 0 Å². The zero-order chi connectivity index (χ0) is 18.1. The van der Waals surface area contributed by atoms with E-state index in [0.717, 1.165) is 48.4 Å². The number of benzene rings is 1. The van der Waals surface area contributed by atoms with Crippen molar-refractivity contribution in [3.63, 3.8) is 0 Å². The summed E-state index contributed by atoms with van der Waals surface area (Å²) in [7, 11) is 1.75. The van der Waals surface area contributed by atoms with E-state index in [9.17, 15) is 9.59 Å². The number of ether oxygens (including phenoxy) is 1. The number of likely N-dealkylation sites (N-methyl/N-ethyl adjacent to an activating group) is 1. The number of nitrogens with one attached hydrogen (secondary N) is 1. The number of fused-ring (bicyclic) bond motifs is 1. The zero-order valence-corrected chi connectivity index (χ0v) is 15.5. The first-order valence-corrected chi connectivity index (χ1v) is 9.83. The minimum atomic E-state index is -0.472. The van der Waals surface area contributed by atoms with Crippen LogP contribution in [0.15, 0.2) is 18.2 Å². The number of rotatable bonds is 2. The average molecular weight is 354 g/mol. The van der Waals surface area contributed by atoms with Crippen LogP contribution in [0.25, 0.3) is 0 Å². The molecule has 0 spiro atoms. The third-order valence-corrected chi connectivity index (χ3v) is 7.08. The van der Waals surface area contributed by atoms with Gasteiger partial charge >= 0.3 is 0 Å². The van der Waals surface area contributed by atoms with Gasteiger partial charge in [-0.05, 0) is 81.4 Å². The number of hydrogen-bond acceptors (Lipinski definition) is 3. The summed E-state index contributed by atoms with van der Waals surface area (Å²) in [6, 6.07) is 5.59. The van der Waals surface area contributed by atoms with Gasteiger partial charge in [0.15, 0.2) is 6.10 Å². The Morgan fingerprint density at radius 2 is 1.77 bits per heavy atom. The number of anilines is 2. The minimum absolute atomic E-state index is 0.0675. The van der Waals surface area contributed by atoms with Crippen molar-refractivity contribution in [1.82, 2.24) is 0 Å². The highest BCUT2D eigenvalue weighted by Gasteiger charge is 2.54. The van der Waals surface area contributed by atoms with E-state index in [1.807, 2.05) is 18.2 Å². The van der Waals surface area contributed by atoms with Crippen LogP contribution in [-0.2, 0) is 9.59 Å². The first kappa shape index (κ1) is 16.2. The standard InChI is InChI=1S/C21H26N2O3/c1-12-19(24)23(2)17-8-16(3-4-18(17)26-12)22-20(25)21-9-13-5-14(10-21)7-15(6-13)11-21/h3-4,8,12-15H,5-7,9-11H2,1-2H3,(H,22,25)/t12-,13?,14?,15?,21?/m0/s1. The molecule has 4 fully saturated rings. The first-order chi connectivity index (χ1) is 12.4. The molecule has 1 N–H and O–H groups in total. The normalized spacial score (nSPS) is 37.3. The van der Waals surface area contributed by atoms with Crippen molar-refractivity contribution in [2.75, 3.05) is 17.3 Å². The highest BCUT2D eigenvalue weighted by molar-refractivity contribution is 6.01. The predicted octanol–water partition coefficient (Wildman–Crippen LogP) is 3.59. The van der Waals surface area contributed by atoms with Crippen LogP contribution in [0.4, 0.5) is 11.4 Å². The predicted molar refractivity (Wildman–Crippen MR) is 99.2 cm³/mol. The highest BCUT2D eigenvalue weighted by Crippen LogP contribution is 2.60. The Morgan fingerprint density at radius 3 is 2.38 bits per heavy atom. The lowest BCUT2D eigenvalue weighted by atomic mass is 9.49. The summed E-state index contributed by atoms with van der Waals surface area (Å²) in [6.07, 6.45) is 6.66. The average Bonchev–Trinajstić information content (AvgIpc) is 2.59. The van der Waals surface area contributed by atoms with Crippen LogP contribution in [0.1, 0.15) is 45.4 Å². The molecule has 1 aromatic rings. The minimum Gasteiger partial charge on any atom is -0.479 e. The summed E-state index contributed by atoms with van der Waals surface area (Å²) >= 11 is 0. The van der Waals surface area contributed by atoms with Crippen molar-refractivity contribution >= 4 is 23.2 Å². The molecule has 4 saturated carbocycles. The summed E-state index contributed by atoms with van der Waals surface area (Å²) < 4.78 is 5.67. The molecule has 2 amide bonds. The Labute approximate surface area is 154 Å². The molecule has 0 aromatic heterocycles. The summed E-state index contributed by atoms with van der Waals surface area (Å²) in [5.41, 5.74) is 1.30. The first-order valence-electron chi connectivity index (χ1n) is 9.83. The van der Waals surface area contributed by atoms with Gasteiger partial charge in [0, 0.05) is 12.7 Å². The van der Waals surface area contributed by atoms with Gasteiger partial charge in [0.2, 0.25) is 5.91 Å². The molecule has 4 bridgehead atoms. The fourth-order valence-electron chi connectivity index (χ4n) is 6.24. The number of nitrogens with zero attached hydrogens (tertiary/aromatic N) is 1. The monoisotopic (exact) mass is 354 g/mol. The molecule has 138 valence electrons. The zero-order valence-electron chi connectivity index (χ0n) is 15.5. The molecule has 0 saturated heterocycles. The van der Waals surface area contributed by atoms with Crippen molar-refractivity contribution in [2.45, 2.75) is 51.6 Å². The maximum atomic E-state index is 13.2. The maximum Gasteiger partial charge on any atom is 0.267 e. The molecule has 6 rings (SSSR count). The largest absolute Gasteiger partial charge is 0.479 e. The molecule has 5 nitrogen and oxygen atoms in total. The smallest absolute Gasteiger partial charge is 0.267 e. The Kier molecular flexibility index (Phi) is 3.40. The van der Waals surface area contributed by atoms with E-state index in [1.54, 1.807) is 18.9 Å². The summed E-state index contributed by atoms with van der Waals surface area (Å²) in [5.74, 6) is 3.03. The number of carbonyl (C=O) groups is 2. The van der Waals surface area contributed by atoms with Crippen LogP contribution < -0.4 is 15.0 Å². The third-order valence-electron chi connectivity index (χ3n) is 7.08. The van der Waals surface area contributed by atoms with Gasteiger partial charge in [-0.3, -0.25) is 9.59 Å². The SMILES string of the molecule is C[C@@H]1Oc2ccc(NC(=O)C34CC5CC(CC(C5)C3)C4)cc2N(C)C1=O. The van der Waals surface area contributed by atoms with Gasteiger partial charge in [-0.1, -0.05) is 0 Å². The summed E-state index contributed by atoms with van der Waals surface area (Å²) in [5, 5.41) is 3.16. The van der Waals surface area contributed by atoms with Crippen LogP contribution in [-0.4, -0.2) is 25.0 Å². The molecule has 5 aliphatic rings. The van der Waals surface area contributed by atoms with Gasteiger partial charge < -0.3 is 15.0 Å². The Morgan fingerprint density at radius 1 is 1.15 bits per heavy atom. The molecular weight excluding hydrogens is 328 g/mol. The topological polar surface area (TPSA) is 58.6 Å². The second-order valence-corrected chi connectivity index (χ2v) is 8.99. The van der Waals surface area contributed by atoms with E-state index in [0.29, 0.717) is 5.75 Å². The van der Waals surface area contributed by atoms with Crippen LogP contribution >= 0.6 is 0 Å². The molecule has 0 radical (unpaired) electrons. The van der Waals surface area contributed by atoms with Crippen molar-refractivity contribution in [1.29, 1.82) is 0 Å². The van der Waals surface area contributed by atoms with E-state index < -0.39 is 6.10 Å². The fourth-order valence-corrected chi connectivity index (χ4v) is 6.24. The lowest BCUT2D eigenvalue weighted by molar-refractivity contribution is -0.140. The van der Waals surface area contributed by atoms with Crippen molar-refractivity contribution in [3.05, 3.63) is 18.2 Å². The Bertz CT molecular complexity index is 752. The molecule has 5 heteroatoms. The lowest BCUT2D eigenvalue weighted by Crippen LogP contribution is -2.51. The van der Waals surface area contributed by atoms with Crippen molar-refractivity contribution in [3.8, 4) is 5.75 Å². The maximum absolute atomic E-state index is 13.2. The van der Waals surface area contributed by atoms with E-state index >= 15 is 0 Å².